The predicted octanol–water partition coefficient (Wildman–Crippen LogP) is 2.85. The van der Waals surface area contributed by atoms with Crippen LogP contribution in [0.2, 0.25) is 0 Å². The number of aromatic nitrogens is 2. The van der Waals surface area contributed by atoms with Gasteiger partial charge in [0.1, 0.15) is 5.82 Å². The monoisotopic (exact) mass is 277 g/mol. The van der Waals surface area contributed by atoms with Crippen LogP contribution in [0.15, 0.2) is 18.2 Å². The van der Waals surface area contributed by atoms with Gasteiger partial charge in [0, 0.05) is 0 Å². The Morgan fingerprint density at radius 3 is 2.90 bits per heavy atom. The fourth-order valence-corrected chi connectivity index (χ4v) is 3.03. The summed E-state index contributed by atoms with van der Waals surface area (Å²) in [6.07, 6.45) is 4.87. The summed E-state index contributed by atoms with van der Waals surface area (Å²) in [5, 5.41) is 0. The lowest BCUT2D eigenvalue weighted by Gasteiger charge is -2.29. The molecule has 2 atom stereocenters. The van der Waals surface area contributed by atoms with Gasteiger partial charge in [-0.2, -0.15) is 4.98 Å². The molecule has 5 heteroatoms. The van der Waals surface area contributed by atoms with E-state index in [4.69, 9.17) is 10.5 Å². The molecule has 3 rings (SSSR count). The largest absolute Gasteiger partial charge is 0.464 e. The van der Waals surface area contributed by atoms with E-state index in [1.165, 1.54) is 31.4 Å². The molecule has 20 heavy (non-hydrogen) atoms. The first-order valence-corrected chi connectivity index (χ1v) is 7.24. The fourth-order valence-electron chi connectivity index (χ4n) is 3.03. The molecule has 0 spiro atoms. The first-order chi connectivity index (χ1) is 9.76. The summed E-state index contributed by atoms with van der Waals surface area (Å²) in [7, 11) is 0. The van der Waals surface area contributed by atoms with E-state index in [0.717, 1.165) is 18.5 Å². The average molecular weight is 277 g/mol. The number of hydrogen-bond acceptors (Lipinski definition) is 3. The van der Waals surface area contributed by atoms with Crippen LogP contribution in [-0.2, 0) is 0 Å². The first-order valence-electron chi connectivity index (χ1n) is 7.24. The lowest BCUT2D eigenvalue weighted by Crippen LogP contribution is -2.30. The van der Waals surface area contributed by atoms with Crippen molar-refractivity contribution in [2.45, 2.75) is 25.7 Å². The lowest BCUT2D eigenvalue weighted by atomic mass is 9.80. The lowest BCUT2D eigenvalue weighted by molar-refractivity contribution is 0.146. The molecule has 1 aromatic carbocycles. The number of hydrogen-bond donors (Lipinski definition) is 2. The number of H-pyrrole nitrogens is 1. The average Bonchev–Trinajstić information content (AvgIpc) is 2.87. The van der Waals surface area contributed by atoms with Crippen LogP contribution in [0.25, 0.3) is 11.0 Å². The normalized spacial score (nSPS) is 23.1. The topological polar surface area (TPSA) is 63.9 Å². The van der Waals surface area contributed by atoms with Crippen LogP contribution in [0.1, 0.15) is 25.7 Å². The number of aromatic amines is 1. The smallest absolute Gasteiger partial charge is 0.294 e. The molecule has 2 unspecified atom stereocenters. The van der Waals surface area contributed by atoms with Crippen molar-refractivity contribution in [2.24, 2.45) is 17.6 Å². The molecule has 2 aromatic rings. The van der Waals surface area contributed by atoms with Crippen LogP contribution >= 0.6 is 0 Å². The number of fused-ring (bicyclic) bond motifs is 1. The maximum atomic E-state index is 13.1. The molecule has 1 aromatic heterocycles. The van der Waals surface area contributed by atoms with Gasteiger partial charge in [0.25, 0.3) is 6.01 Å². The van der Waals surface area contributed by atoms with Crippen molar-refractivity contribution in [3.05, 3.63) is 24.0 Å². The number of halogens is 1. The van der Waals surface area contributed by atoms with E-state index >= 15 is 0 Å². The maximum absolute atomic E-state index is 13.1. The summed E-state index contributed by atoms with van der Waals surface area (Å²) in [6, 6.07) is 4.95. The second kappa shape index (κ2) is 5.79. The Hall–Kier alpha value is -1.62. The third-order valence-electron chi connectivity index (χ3n) is 4.23. The van der Waals surface area contributed by atoms with Crippen molar-refractivity contribution in [1.82, 2.24) is 9.97 Å². The Labute approximate surface area is 117 Å². The van der Waals surface area contributed by atoms with Crippen molar-refractivity contribution < 1.29 is 9.13 Å². The van der Waals surface area contributed by atoms with Crippen molar-refractivity contribution in [1.29, 1.82) is 0 Å². The van der Waals surface area contributed by atoms with E-state index in [9.17, 15) is 4.39 Å². The Bertz CT molecular complexity index is 584. The summed E-state index contributed by atoms with van der Waals surface area (Å²) in [6.45, 7) is 1.35. The summed E-state index contributed by atoms with van der Waals surface area (Å²) in [4.78, 5) is 7.32. The number of benzene rings is 1. The molecule has 1 aliphatic rings. The molecule has 0 aliphatic heterocycles. The summed E-state index contributed by atoms with van der Waals surface area (Å²) < 4.78 is 18.9. The zero-order valence-corrected chi connectivity index (χ0v) is 11.4. The third kappa shape index (κ3) is 2.77. The molecule has 0 saturated heterocycles. The standard InChI is InChI=1S/C15H20FN3O/c16-12-5-6-13-14(7-12)19-15(18-13)20-9-11-4-2-1-3-10(11)8-17/h5-7,10-11H,1-4,8-9,17H2,(H,18,19). The Morgan fingerprint density at radius 2 is 2.10 bits per heavy atom. The molecular weight excluding hydrogens is 257 g/mol. The minimum Gasteiger partial charge on any atom is -0.464 e. The fraction of sp³-hybridized carbons (Fsp3) is 0.533. The van der Waals surface area contributed by atoms with E-state index < -0.39 is 0 Å². The second-order valence-corrected chi connectivity index (χ2v) is 5.55. The molecule has 3 N–H and O–H groups in total. The van der Waals surface area contributed by atoms with Crippen LogP contribution in [0.3, 0.4) is 0 Å². The number of ether oxygens (including phenoxy) is 1. The minimum atomic E-state index is -0.275. The molecule has 0 bridgehead atoms. The highest BCUT2D eigenvalue weighted by Gasteiger charge is 2.24. The van der Waals surface area contributed by atoms with Crippen LogP contribution in [0.5, 0.6) is 6.01 Å². The van der Waals surface area contributed by atoms with E-state index in [2.05, 4.69) is 9.97 Å². The quantitative estimate of drug-likeness (QED) is 0.903. The van der Waals surface area contributed by atoms with Gasteiger partial charge >= 0.3 is 0 Å². The van der Waals surface area contributed by atoms with Gasteiger partial charge in [-0.25, -0.2) is 4.39 Å². The molecule has 1 aliphatic carbocycles. The van der Waals surface area contributed by atoms with E-state index in [-0.39, 0.29) is 5.82 Å². The molecular formula is C15H20FN3O. The third-order valence-corrected chi connectivity index (χ3v) is 4.23. The zero-order valence-electron chi connectivity index (χ0n) is 11.4. The number of rotatable bonds is 4. The number of nitrogens with two attached hydrogens (primary N) is 1. The van der Waals surface area contributed by atoms with Gasteiger partial charge in [0.05, 0.1) is 17.6 Å². The molecule has 0 radical (unpaired) electrons. The second-order valence-electron chi connectivity index (χ2n) is 5.55. The maximum Gasteiger partial charge on any atom is 0.294 e. The zero-order chi connectivity index (χ0) is 13.9. The molecule has 1 heterocycles. The minimum absolute atomic E-state index is 0.275. The highest BCUT2D eigenvalue weighted by Crippen LogP contribution is 2.29. The van der Waals surface area contributed by atoms with Gasteiger partial charge < -0.3 is 15.5 Å². The molecule has 0 amide bonds. The predicted molar refractivity (Wildman–Crippen MR) is 76.0 cm³/mol. The van der Waals surface area contributed by atoms with Gasteiger partial charge in [-0.3, -0.25) is 0 Å². The SMILES string of the molecule is NCC1CCCCC1COc1nc2ccc(F)cc2[nH]1. The van der Waals surface area contributed by atoms with Crippen LogP contribution in [0.4, 0.5) is 4.39 Å². The van der Waals surface area contributed by atoms with E-state index in [1.54, 1.807) is 6.07 Å². The molecule has 1 saturated carbocycles. The molecule has 108 valence electrons. The number of nitrogens with zero attached hydrogens (tertiary/aromatic N) is 1. The van der Waals surface area contributed by atoms with Gasteiger partial charge in [0.2, 0.25) is 0 Å². The van der Waals surface area contributed by atoms with E-state index in [0.29, 0.717) is 30.0 Å². The summed E-state index contributed by atoms with van der Waals surface area (Å²) in [5.74, 6) is 0.771. The van der Waals surface area contributed by atoms with Gasteiger partial charge in [-0.05, 0) is 49.4 Å². The Morgan fingerprint density at radius 1 is 1.30 bits per heavy atom. The van der Waals surface area contributed by atoms with Crippen molar-refractivity contribution in [2.75, 3.05) is 13.2 Å². The van der Waals surface area contributed by atoms with Crippen LogP contribution < -0.4 is 10.5 Å². The summed E-state index contributed by atoms with van der Waals surface area (Å²) >= 11 is 0. The van der Waals surface area contributed by atoms with Gasteiger partial charge in [0.15, 0.2) is 0 Å². The van der Waals surface area contributed by atoms with Crippen molar-refractivity contribution in [3.63, 3.8) is 0 Å². The first kappa shape index (κ1) is 13.4. The molecule has 1 fully saturated rings. The van der Waals surface area contributed by atoms with Crippen molar-refractivity contribution in [3.8, 4) is 6.01 Å². The van der Waals surface area contributed by atoms with Gasteiger partial charge in [-0.15, -0.1) is 0 Å². The van der Waals surface area contributed by atoms with Crippen molar-refractivity contribution >= 4 is 11.0 Å². The van der Waals surface area contributed by atoms with Crippen LogP contribution in [0, 0.1) is 17.7 Å². The van der Waals surface area contributed by atoms with E-state index in [1.807, 2.05) is 0 Å². The Balaban J connectivity index is 1.67. The number of imidazole rings is 1. The number of nitrogens with one attached hydrogen (secondary N) is 1. The van der Waals surface area contributed by atoms with Gasteiger partial charge in [-0.1, -0.05) is 12.8 Å². The molecule has 4 nitrogen and oxygen atoms in total. The Kier molecular flexibility index (Phi) is 3.87. The van der Waals surface area contributed by atoms with Crippen LogP contribution in [-0.4, -0.2) is 23.1 Å². The summed E-state index contributed by atoms with van der Waals surface area (Å²) in [5.41, 5.74) is 7.21. The highest BCUT2D eigenvalue weighted by atomic mass is 19.1. The highest BCUT2D eigenvalue weighted by molar-refractivity contribution is 5.75.